The number of amides is 1. The third-order valence-corrected chi connectivity index (χ3v) is 3.56. The van der Waals surface area contributed by atoms with Gasteiger partial charge in [-0.1, -0.05) is 18.2 Å². The predicted molar refractivity (Wildman–Crippen MR) is 68.1 cm³/mol. The molecule has 4 nitrogen and oxygen atoms in total. The van der Waals surface area contributed by atoms with Gasteiger partial charge in [-0.25, -0.2) is 0 Å². The normalized spacial score (nSPS) is 22.1. The minimum Gasteiger partial charge on any atom is -0.469 e. The van der Waals surface area contributed by atoms with E-state index in [4.69, 9.17) is 4.74 Å². The second-order valence-corrected chi connectivity index (χ2v) is 5.00. The standard InChI is InChI=1S/C14H17NO3/c1-14(2)11(13(17)18-3)9-12(16)15(14)10-7-5-4-6-8-10/h4-8,11H,9H2,1-3H3. The minimum absolute atomic E-state index is 0.0402. The summed E-state index contributed by atoms with van der Waals surface area (Å²) < 4.78 is 4.78. The van der Waals surface area contributed by atoms with Crippen molar-refractivity contribution in [3.05, 3.63) is 30.3 Å². The van der Waals surface area contributed by atoms with Gasteiger partial charge in [0.25, 0.3) is 0 Å². The summed E-state index contributed by atoms with van der Waals surface area (Å²) in [4.78, 5) is 25.6. The molecule has 0 radical (unpaired) electrons. The maximum absolute atomic E-state index is 12.1. The number of carbonyl (C=O) groups is 2. The van der Waals surface area contributed by atoms with Crippen LogP contribution in [0.15, 0.2) is 30.3 Å². The van der Waals surface area contributed by atoms with Gasteiger partial charge in [0, 0.05) is 12.1 Å². The average Bonchev–Trinajstić information content (AvgIpc) is 2.59. The molecule has 2 rings (SSSR count). The summed E-state index contributed by atoms with van der Waals surface area (Å²) in [7, 11) is 1.36. The van der Waals surface area contributed by atoms with Crippen molar-refractivity contribution in [1.29, 1.82) is 0 Å². The third-order valence-electron chi connectivity index (χ3n) is 3.56. The van der Waals surface area contributed by atoms with Crippen molar-refractivity contribution >= 4 is 17.6 Å². The summed E-state index contributed by atoms with van der Waals surface area (Å²) in [5.74, 6) is -0.788. The minimum atomic E-state index is -0.564. The number of nitrogens with zero attached hydrogens (tertiary/aromatic N) is 1. The molecule has 1 unspecified atom stereocenters. The molecule has 1 heterocycles. The van der Waals surface area contributed by atoms with E-state index < -0.39 is 11.5 Å². The van der Waals surface area contributed by atoms with Gasteiger partial charge in [0.05, 0.1) is 18.6 Å². The van der Waals surface area contributed by atoms with Gasteiger partial charge in [0.2, 0.25) is 5.91 Å². The molecule has 1 aliphatic heterocycles. The first kappa shape index (κ1) is 12.6. The lowest BCUT2D eigenvalue weighted by Crippen LogP contribution is -2.46. The van der Waals surface area contributed by atoms with E-state index in [1.165, 1.54) is 7.11 Å². The second kappa shape index (κ2) is 4.44. The van der Waals surface area contributed by atoms with E-state index in [1.807, 2.05) is 44.2 Å². The van der Waals surface area contributed by atoms with E-state index in [0.29, 0.717) is 0 Å². The fourth-order valence-electron chi connectivity index (χ4n) is 2.56. The average molecular weight is 247 g/mol. The molecule has 1 atom stereocenters. The number of hydrogen-bond donors (Lipinski definition) is 0. The first-order chi connectivity index (χ1) is 8.48. The van der Waals surface area contributed by atoms with E-state index in [0.717, 1.165) is 5.69 Å². The van der Waals surface area contributed by atoms with Gasteiger partial charge in [-0.2, -0.15) is 0 Å². The number of methoxy groups -OCH3 is 1. The molecule has 0 bridgehead atoms. The van der Waals surface area contributed by atoms with Gasteiger partial charge in [0.1, 0.15) is 0 Å². The number of ether oxygens (including phenoxy) is 1. The molecule has 4 heteroatoms. The molecule has 18 heavy (non-hydrogen) atoms. The Labute approximate surface area is 107 Å². The van der Waals surface area contributed by atoms with Crippen LogP contribution in [0.2, 0.25) is 0 Å². The van der Waals surface area contributed by atoms with Crippen LogP contribution < -0.4 is 4.90 Å². The van der Waals surface area contributed by atoms with E-state index in [1.54, 1.807) is 4.90 Å². The largest absolute Gasteiger partial charge is 0.469 e. The molecular weight excluding hydrogens is 230 g/mol. The highest BCUT2D eigenvalue weighted by Gasteiger charge is 2.50. The van der Waals surface area contributed by atoms with Crippen molar-refractivity contribution in [3.8, 4) is 0 Å². The Hall–Kier alpha value is -1.84. The molecule has 0 aliphatic carbocycles. The summed E-state index contributed by atoms with van der Waals surface area (Å²) in [5.41, 5.74) is 0.254. The van der Waals surface area contributed by atoms with Crippen molar-refractivity contribution in [3.63, 3.8) is 0 Å². The van der Waals surface area contributed by atoms with E-state index >= 15 is 0 Å². The highest BCUT2D eigenvalue weighted by atomic mass is 16.5. The van der Waals surface area contributed by atoms with Crippen LogP contribution in [0.1, 0.15) is 20.3 Å². The Morgan fingerprint density at radius 2 is 1.94 bits per heavy atom. The number of benzene rings is 1. The van der Waals surface area contributed by atoms with Gasteiger partial charge >= 0.3 is 5.97 Å². The van der Waals surface area contributed by atoms with Crippen LogP contribution >= 0.6 is 0 Å². The molecule has 1 fully saturated rings. The topological polar surface area (TPSA) is 46.6 Å². The van der Waals surface area contributed by atoms with Crippen LogP contribution in [-0.2, 0) is 14.3 Å². The Bertz CT molecular complexity index is 467. The molecule has 1 aromatic rings. The maximum Gasteiger partial charge on any atom is 0.311 e. The van der Waals surface area contributed by atoms with E-state index in [9.17, 15) is 9.59 Å². The van der Waals surface area contributed by atoms with Gasteiger partial charge in [-0.05, 0) is 26.0 Å². The van der Waals surface area contributed by atoms with Gasteiger partial charge in [-0.3, -0.25) is 9.59 Å². The van der Waals surface area contributed by atoms with Crippen molar-refractivity contribution in [2.24, 2.45) is 5.92 Å². The Morgan fingerprint density at radius 1 is 1.33 bits per heavy atom. The number of rotatable bonds is 2. The lowest BCUT2D eigenvalue weighted by Gasteiger charge is -2.34. The fourth-order valence-corrected chi connectivity index (χ4v) is 2.56. The fraction of sp³-hybridized carbons (Fsp3) is 0.429. The van der Waals surface area contributed by atoms with E-state index in [2.05, 4.69) is 0 Å². The van der Waals surface area contributed by atoms with Crippen molar-refractivity contribution in [1.82, 2.24) is 0 Å². The molecule has 1 amide bonds. The van der Waals surface area contributed by atoms with Crippen LogP contribution in [0.25, 0.3) is 0 Å². The highest BCUT2D eigenvalue weighted by molar-refractivity contribution is 6.01. The zero-order valence-electron chi connectivity index (χ0n) is 10.8. The molecule has 0 saturated carbocycles. The summed E-state index contributed by atoms with van der Waals surface area (Å²) >= 11 is 0. The molecule has 1 aliphatic rings. The zero-order chi connectivity index (χ0) is 13.3. The van der Waals surface area contributed by atoms with Gasteiger partial charge < -0.3 is 9.64 Å². The number of anilines is 1. The monoisotopic (exact) mass is 247 g/mol. The summed E-state index contributed by atoms with van der Waals surface area (Å²) in [6.45, 7) is 3.79. The molecule has 0 N–H and O–H groups in total. The number of para-hydroxylation sites is 1. The van der Waals surface area contributed by atoms with Crippen LogP contribution in [0.5, 0.6) is 0 Å². The first-order valence-corrected chi connectivity index (χ1v) is 5.94. The lowest BCUT2D eigenvalue weighted by molar-refractivity contribution is -0.147. The molecule has 0 aromatic heterocycles. The van der Waals surface area contributed by atoms with Crippen molar-refractivity contribution in [2.45, 2.75) is 25.8 Å². The molecule has 96 valence electrons. The molecule has 0 spiro atoms. The first-order valence-electron chi connectivity index (χ1n) is 5.94. The van der Waals surface area contributed by atoms with Crippen LogP contribution in [-0.4, -0.2) is 24.5 Å². The molecule has 1 saturated heterocycles. The van der Waals surface area contributed by atoms with Gasteiger partial charge in [0.15, 0.2) is 0 Å². The van der Waals surface area contributed by atoms with Crippen molar-refractivity contribution < 1.29 is 14.3 Å². The Morgan fingerprint density at radius 3 is 2.50 bits per heavy atom. The van der Waals surface area contributed by atoms with Crippen molar-refractivity contribution in [2.75, 3.05) is 12.0 Å². The number of esters is 1. The zero-order valence-corrected chi connectivity index (χ0v) is 10.8. The molecule has 1 aromatic carbocycles. The maximum atomic E-state index is 12.1. The van der Waals surface area contributed by atoms with Gasteiger partial charge in [-0.15, -0.1) is 0 Å². The Kier molecular flexibility index (Phi) is 3.11. The van der Waals surface area contributed by atoms with Crippen LogP contribution in [0.4, 0.5) is 5.69 Å². The number of hydrogen-bond acceptors (Lipinski definition) is 3. The van der Waals surface area contributed by atoms with Crippen LogP contribution in [0.3, 0.4) is 0 Å². The molecular formula is C14H17NO3. The summed E-state index contributed by atoms with van der Waals surface area (Å²) in [5, 5.41) is 0. The number of carbonyl (C=O) groups excluding carboxylic acids is 2. The summed E-state index contributed by atoms with van der Waals surface area (Å²) in [6.07, 6.45) is 0.203. The lowest BCUT2D eigenvalue weighted by atomic mass is 9.88. The SMILES string of the molecule is COC(=O)C1CC(=O)N(c2ccccc2)C1(C)C. The Balaban J connectivity index is 2.38. The van der Waals surface area contributed by atoms with E-state index in [-0.39, 0.29) is 18.3 Å². The second-order valence-electron chi connectivity index (χ2n) is 5.00. The quantitative estimate of drug-likeness (QED) is 0.751. The predicted octanol–water partition coefficient (Wildman–Crippen LogP) is 1.99. The summed E-state index contributed by atoms with van der Waals surface area (Å²) in [6, 6.07) is 9.40. The third kappa shape index (κ3) is 1.88. The highest BCUT2D eigenvalue weighted by Crippen LogP contribution is 2.39. The van der Waals surface area contributed by atoms with Crippen LogP contribution in [0, 0.1) is 5.92 Å². The smallest absolute Gasteiger partial charge is 0.311 e.